The minimum absolute atomic E-state index is 0.0256. The second-order valence-corrected chi connectivity index (χ2v) is 7.15. The van der Waals surface area contributed by atoms with E-state index in [1.54, 1.807) is 18.8 Å². The molecule has 8 nitrogen and oxygen atoms in total. The van der Waals surface area contributed by atoms with Crippen LogP contribution in [0, 0.1) is 12.8 Å². The first-order valence-corrected chi connectivity index (χ1v) is 9.30. The summed E-state index contributed by atoms with van der Waals surface area (Å²) in [6, 6.07) is 9.33. The van der Waals surface area contributed by atoms with E-state index in [-0.39, 0.29) is 5.91 Å². The van der Waals surface area contributed by atoms with Gasteiger partial charge in [-0.25, -0.2) is 0 Å². The van der Waals surface area contributed by atoms with Gasteiger partial charge in [0, 0.05) is 32.1 Å². The van der Waals surface area contributed by atoms with E-state index >= 15 is 0 Å². The number of likely N-dealkylation sites (tertiary alicyclic amines) is 1. The molecule has 3 aromatic rings. The van der Waals surface area contributed by atoms with E-state index < -0.39 is 0 Å². The molecule has 2 aromatic heterocycles. The van der Waals surface area contributed by atoms with Crippen LogP contribution in [-0.2, 0) is 13.5 Å². The minimum atomic E-state index is 0.0256. The van der Waals surface area contributed by atoms with Gasteiger partial charge in [-0.3, -0.25) is 9.48 Å². The monoisotopic (exact) mass is 381 g/mol. The molecule has 1 unspecified atom stereocenters. The summed E-state index contributed by atoms with van der Waals surface area (Å²) >= 11 is 0. The molecular weight excluding hydrogens is 358 g/mol. The van der Waals surface area contributed by atoms with Crippen molar-refractivity contribution in [1.82, 2.24) is 24.8 Å². The lowest BCUT2D eigenvalue weighted by molar-refractivity contribution is 0.0776. The molecule has 1 aromatic carbocycles. The number of carbonyl (C=O) groups is 1. The van der Waals surface area contributed by atoms with Gasteiger partial charge in [0.15, 0.2) is 5.82 Å². The van der Waals surface area contributed by atoms with Gasteiger partial charge < -0.3 is 14.2 Å². The lowest BCUT2D eigenvalue weighted by Crippen LogP contribution is -2.30. The number of aromatic nitrogens is 4. The zero-order chi connectivity index (χ0) is 19.7. The van der Waals surface area contributed by atoms with E-state index in [2.05, 4.69) is 15.2 Å². The van der Waals surface area contributed by atoms with E-state index in [1.807, 2.05) is 42.2 Å². The molecule has 0 radical (unpaired) electrons. The molecular formula is C20H23N5O3. The van der Waals surface area contributed by atoms with Crippen LogP contribution in [0.3, 0.4) is 0 Å². The van der Waals surface area contributed by atoms with Crippen molar-refractivity contribution < 1.29 is 14.1 Å². The van der Waals surface area contributed by atoms with Crippen molar-refractivity contribution in [3.8, 4) is 17.2 Å². The van der Waals surface area contributed by atoms with E-state index in [4.69, 9.17) is 9.26 Å². The molecule has 0 bridgehead atoms. The highest BCUT2D eigenvalue weighted by molar-refractivity contribution is 5.92. The molecule has 4 rings (SSSR count). The maximum atomic E-state index is 12.7. The van der Waals surface area contributed by atoms with Crippen molar-refractivity contribution in [1.29, 1.82) is 0 Å². The Balaban J connectivity index is 1.38. The Morgan fingerprint density at radius 1 is 1.32 bits per heavy atom. The topological polar surface area (TPSA) is 86.3 Å². The zero-order valence-corrected chi connectivity index (χ0v) is 16.3. The molecule has 1 amide bonds. The number of benzene rings is 1. The fourth-order valence-electron chi connectivity index (χ4n) is 3.60. The fraction of sp³-hybridized carbons (Fsp3) is 0.400. The molecule has 0 aliphatic carbocycles. The van der Waals surface area contributed by atoms with Gasteiger partial charge in [-0.15, -0.1) is 0 Å². The van der Waals surface area contributed by atoms with Crippen LogP contribution in [0.15, 0.2) is 34.9 Å². The molecule has 3 heterocycles. The van der Waals surface area contributed by atoms with Gasteiger partial charge in [-0.1, -0.05) is 5.16 Å². The minimum Gasteiger partial charge on any atom is -0.497 e. The summed E-state index contributed by atoms with van der Waals surface area (Å²) in [5.41, 5.74) is 2.33. The average Bonchev–Trinajstić information content (AvgIpc) is 3.42. The molecule has 0 saturated carbocycles. The van der Waals surface area contributed by atoms with Gasteiger partial charge in [0.05, 0.1) is 12.8 Å². The van der Waals surface area contributed by atoms with Crippen molar-refractivity contribution in [2.45, 2.75) is 19.8 Å². The van der Waals surface area contributed by atoms with Crippen LogP contribution in [0.25, 0.3) is 11.5 Å². The van der Waals surface area contributed by atoms with Crippen LogP contribution < -0.4 is 4.74 Å². The Morgan fingerprint density at radius 3 is 2.79 bits per heavy atom. The van der Waals surface area contributed by atoms with Crippen molar-refractivity contribution >= 4 is 5.91 Å². The van der Waals surface area contributed by atoms with E-state index in [9.17, 15) is 4.79 Å². The van der Waals surface area contributed by atoms with Gasteiger partial charge in [0.1, 0.15) is 11.4 Å². The largest absolute Gasteiger partial charge is 0.497 e. The summed E-state index contributed by atoms with van der Waals surface area (Å²) < 4.78 is 12.2. The van der Waals surface area contributed by atoms with Crippen molar-refractivity contribution in [3.63, 3.8) is 0 Å². The maximum Gasteiger partial charge on any atom is 0.272 e. The third-order valence-electron chi connectivity index (χ3n) is 5.07. The predicted octanol–water partition coefficient (Wildman–Crippen LogP) is 2.49. The summed E-state index contributed by atoms with van der Waals surface area (Å²) in [4.78, 5) is 19.1. The predicted molar refractivity (Wildman–Crippen MR) is 102 cm³/mol. The fourth-order valence-corrected chi connectivity index (χ4v) is 3.60. The number of rotatable bonds is 5. The summed E-state index contributed by atoms with van der Waals surface area (Å²) in [7, 11) is 3.43. The highest BCUT2D eigenvalue weighted by atomic mass is 16.5. The van der Waals surface area contributed by atoms with Crippen molar-refractivity contribution in [2.75, 3.05) is 20.2 Å². The Kier molecular flexibility index (Phi) is 4.85. The molecule has 1 fully saturated rings. The van der Waals surface area contributed by atoms with Crippen LogP contribution in [0.2, 0.25) is 0 Å². The molecule has 0 spiro atoms. The first-order valence-electron chi connectivity index (χ1n) is 9.30. The molecule has 8 heteroatoms. The van der Waals surface area contributed by atoms with Gasteiger partial charge in [0.2, 0.25) is 0 Å². The number of nitrogens with zero attached hydrogens (tertiary/aromatic N) is 5. The van der Waals surface area contributed by atoms with E-state index in [1.165, 1.54) is 0 Å². The van der Waals surface area contributed by atoms with Crippen molar-refractivity contribution in [3.05, 3.63) is 47.5 Å². The highest BCUT2D eigenvalue weighted by Crippen LogP contribution is 2.24. The van der Waals surface area contributed by atoms with Gasteiger partial charge in [-0.2, -0.15) is 10.1 Å². The number of amides is 1. The first-order chi connectivity index (χ1) is 13.5. The van der Waals surface area contributed by atoms with Crippen LogP contribution in [0.4, 0.5) is 0 Å². The third kappa shape index (κ3) is 3.62. The lowest BCUT2D eigenvalue weighted by atomic mass is 10.1. The molecule has 28 heavy (non-hydrogen) atoms. The SMILES string of the molecule is COc1ccc(-c2nc(CC3CCN(C(=O)c4cc(C)nn4C)C3)no2)cc1. The zero-order valence-electron chi connectivity index (χ0n) is 16.3. The lowest BCUT2D eigenvalue weighted by Gasteiger charge is -2.16. The summed E-state index contributed by atoms with van der Waals surface area (Å²) in [6.07, 6.45) is 1.61. The van der Waals surface area contributed by atoms with Gasteiger partial charge in [0.25, 0.3) is 11.8 Å². The van der Waals surface area contributed by atoms with Crippen LogP contribution in [0.5, 0.6) is 5.75 Å². The number of ether oxygens (including phenoxy) is 1. The van der Waals surface area contributed by atoms with Gasteiger partial charge in [-0.05, 0) is 49.6 Å². The quantitative estimate of drug-likeness (QED) is 0.675. The van der Waals surface area contributed by atoms with Crippen molar-refractivity contribution in [2.24, 2.45) is 13.0 Å². The first kappa shape index (κ1) is 18.2. The number of hydrogen-bond acceptors (Lipinski definition) is 6. The summed E-state index contributed by atoms with van der Waals surface area (Å²) in [6.45, 7) is 3.31. The molecule has 1 saturated heterocycles. The molecule has 1 aliphatic heterocycles. The highest BCUT2D eigenvalue weighted by Gasteiger charge is 2.29. The summed E-state index contributed by atoms with van der Waals surface area (Å²) in [5, 5.41) is 8.37. The van der Waals surface area contributed by atoms with Crippen LogP contribution >= 0.6 is 0 Å². The smallest absolute Gasteiger partial charge is 0.272 e. The maximum absolute atomic E-state index is 12.7. The third-order valence-corrected chi connectivity index (χ3v) is 5.07. The normalized spacial score (nSPS) is 16.5. The Bertz CT molecular complexity index is 976. The van der Waals surface area contributed by atoms with Crippen LogP contribution in [-0.4, -0.2) is 50.9 Å². The molecule has 1 atom stereocenters. The number of carbonyl (C=O) groups excluding carboxylic acids is 1. The summed E-state index contributed by atoms with van der Waals surface area (Å²) in [5.74, 6) is 2.29. The van der Waals surface area contributed by atoms with E-state index in [0.29, 0.717) is 36.3 Å². The number of aryl methyl sites for hydroxylation is 2. The van der Waals surface area contributed by atoms with Gasteiger partial charge >= 0.3 is 0 Å². The standard InChI is InChI=1S/C20H23N5O3/c1-13-10-17(24(2)22-13)20(26)25-9-8-14(12-25)11-18-21-19(28-23-18)15-4-6-16(27-3)7-5-15/h4-7,10,14H,8-9,11-12H2,1-3H3. The second kappa shape index (κ2) is 7.46. The Labute approximate surface area is 163 Å². The van der Waals surface area contributed by atoms with Crippen LogP contribution in [0.1, 0.15) is 28.4 Å². The number of methoxy groups -OCH3 is 1. The van der Waals surface area contributed by atoms with E-state index in [0.717, 1.165) is 30.0 Å². The average molecular weight is 381 g/mol. The molecule has 146 valence electrons. The Hall–Kier alpha value is -3.16. The molecule has 0 N–H and O–H groups in total. The number of hydrogen-bond donors (Lipinski definition) is 0. The Morgan fingerprint density at radius 2 is 2.11 bits per heavy atom. The molecule has 1 aliphatic rings. The second-order valence-electron chi connectivity index (χ2n) is 7.15.